The van der Waals surface area contributed by atoms with Gasteiger partial charge in [0, 0.05) is 38.4 Å². The van der Waals surface area contributed by atoms with Gasteiger partial charge in [-0.05, 0) is 43.0 Å². The molecule has 0 bridgehead atoms. The van der Waals surface area contributed by atoms with Crippen molar-refractivity contribution in [1.29, 1.82) is 0 Å². The minimum atomic E-state index is 0.0182. The second kappa shape index (κ2) is 9.83. The lowest BCUT2D eigenvalue weighted by atomic mass is 9.88. The predicted molar refractivity (Wildman–Crippen MR) is 108 cm³/mol. The Morgan fingerprint density at radius 1 is 1.11 bits per heavy atom. The summed E-state index contributed by atoms with van der Waals surface area (Å²) in [6.07, 6.45) is 5.36. The van der Waals surface area contributed by atoms with Crippen molar-refractivity contribution in [2.24, 2.45) is 5.92 Å². The van der Waals surface area contributed by atoms with Crippen LogP contribution in [0.4, 0.5) is 10.5 Å². The summed E-state index contributed by atoms with van der Waals surface area (Å²) in [5.74, 6) is 1.50. The van der Waals surface area contributed by atoms with Gasteiger partial charge in [-0.25, -0.2) is 4.79 Å². The zero-order valence-electron chi connectivity index (χ0n) is 16.7. The van der Waals surface area contributed by atoms with Crippen LogP contribution < -0.4 is 15.0 Å². The van der Waals surface area contributed by atoms with Crippen molar-refractivity contribution in [3.8, 4) is 5.75 Å². The third-order valence-electron chi connectivity index (χ3n) is 5.75. The first kappa shape index (κ1) is 19.8. The Hall–Kier alpha value is -1.95. The Balaban J connectivity index is 1.34. The molecule has 2 atom stereocenters. The first-order valence-corrected chi connectivity index (χ1v) is 10.2. The summed E-state index contributed by atoms with van der Waals surface area (Å²) >= 11 is 0. The molecule has 0 aromatic heterocycles. The molecule has 1 aliphatic heterocycles. The zero-order chi connectivity index (χ0) is 19.1. The van der Waals surface area contributed by atoms with Gasteiger partial charge in [0.05, 0.1) is 19.8 Å². The molecule has 1 aromatic rings. The van der Waals surface area contributed by atoms with E-state index in [1.54, 1.807) is 7.11 Å². The topological polar surface area (TPSA) is 54.0 Å². The van der Waals surface area contributed by atoms with Gasteiger partial charge >= 0.3 is 6.03 Å². The van der Waals surface area contributed by atoms with E-state index < -0.39 is 0 Å². The Kier molecular flexibility index (Phi) is 7.21. The van der Waals surface area contributed by atoms with Crippen molar-refractivity contribution in [2.75, 3.05) is 51.3 Å². The van der Waals surface area contributed by atoms with Crippen LogP contribution in [0.25, 0.3) is 0 Å². The summed E-state index contributed by atoms with van der Waals surface area (Å²) in [6, 6.07) is 8.10. The van der Waals surface area contributed by atoms with Crippen molar-refractivity contribution in [1.82, 2.24) is 10.2 Å². The Morgan fingerprint density at radius 3 is 2.48 bits per heavy atom. The van der Waals surface area contributed by atoms with E-state index >= 15 is 0 Å². The molecule has 0 radical (unpaired) electrons. The molecule has 27 heavy (non-hydrogen) atoms. The summed E-state index contributed by atoms with van der Waals surface area (Å²) in [4.78, 5) is 16.6. The van der Waals surface area contributed by atoms with Crippen LogP contribution in [0.1, 0.15) is 32.6 Å². The van der Waals surface area contributed by atoms with Gasteiger partial charge < -0.3 is 24.6 Å². The van der Waals surface area contributed by atoms with Crippen LogP contribution in [0.3, 0.4) is 0 Å². The van der Waals surface area contributed by atoms with E-state index in [-0.39, 0.29) is 6.03 Å². The Bertz CT molecular complexity index is 585. The third kappa shape index (κ3) is 5.51. The molecule has 150 valence electrons. The molecule has 6 heteroatoms. The van der Waals surface area contributed by atoms with Gasteiger partial charge in [-0.3, -0.25) is 0 Å². The van der Waals surface area contributed by atoms with Crippen LogP contribution in [0.2, 0.25) is 0 Å². The summed E-state index contributed by atoms with van der Waals surface area (Å²) in [5, 5.41) is 3.00. The van der Waals surface area contributed by atoms with Gasteiger partial charge in [-0.15, -0.1) is 0 Å². The average Bonchev–Trinajstić information content (AvgIpc) is 2.72. The van der Waals surface area contributed by atoms with Gasteiger partial charge in [0.2, 0.25) is 0 Å². The Morgan fingerprint density at radius 2 is 1.81 bits per heavy atom. The summed E-state index contributed by atoms with van der Waals surface area (Å²) in [6.45, 7) is 6.61. The molecular weight excluding hydrogens is 342 g/mol. The highest BCUT2D eigenvalue weighted by Gasteiger charge is 2.23. The minimum absolute atomic E-state index is 0.0182. The number of benzene rings is 1. The molecule has 1 heterocycles. The highest BCUT2D eigenvalue weighted by molar-refractivity contribution is 5.74. The molecule has 2 fully saturated rings. The van der Waals surface area contributed by atoms with Gasteiger partial charge in [-0.2, -0.15) is 0 Å². The standard InChI is InChI=1S/C21H33N3O3/c1-17-5-3-4-6-20(17)27-16-11-22-21(25)24-14-12-23(13-15-24)18-7-9-19(26-2)10-8-18/h7-10,17,20H,3-6,11-16H2,1-2H3,(H,22,25). The predicted octanol–water partition coefficient (Wildman–Crippen LogP) is 3.12. The number of hydrogen-bond acceptors (Lipinski definition) is 4. The first-order chi connectivity index (χ1) is 13.2. The fraction of sp³-hybridized carbons (Fsp3) is 0.667. The number of methoxy groups -OCH3 is 1. The van der Waals surface area contributed by atoms with E-state index in [0.29, 0.717) is 25.2 Å². The largest absolute Gasteiger partial charge is 0.497 e. The van der Waals surface area contributed by atoms with Crippen molar-refractivity contribution in [3.05, 3.63) is 24.3 Å². The number of anilines is 1. The molecule has 1 saturated heterocycles. The van der Waals surface area contributed by atoms with Crippen LogP contribution >= 0.6 is 0 Å². The van der Waals surface area contributed by atoms with E-state index in [1.165, 1.54) is 24.9 Å². The van der Waals surface area contributed by atoms with Crippen molar-refractivity contribution >= 4 is 11.7 Å². The van der Waals surface area contributed by atoms with Gasteiger partial charge in [0.1, 0.15) is 5.75 Å². The Labute approximate surface area is 162 Å². The zero-order valence-corrected chi connectivity index (χ0v) is 16.7. The summed E-state index contributed by atoms with van der Waals surface area (Å²) < 4.78 is 11.2. The molecule has 2 amide bonds. The van der Waals surface area contributed by atoms with Crippen LogP contribution in [0.5, 0.6) is 5.75 Å². The smallest absolute Gasteiger partial charge is 0.317 e. The quantitative estimate of drug-likeness (QED) is 0.776. The normalized spacial score (nSPS) is 23.2. The highest BCUT2D eigenvalue weighted by atomic mass is 16.5. The number of amides is 2. The highest BCUT2D eigenvalue weighted by Crippen LogP contribution is 2.26. The van der Waals surface area contributed by atoms with Crippen LogP contribution in [-0.4, -0.2) is 63.5 Å². The molecule has 0 spiro atoms. The van der Waals surface area contributed by atoms with Crippen LogP contribution in [0.15, 0.2) is 24.3 Å². The summed E-state index contributed by atoms with van der Waals surface area (Å²) in [5.41, 5.74) is 1.17. The number of piperazine rings is 1. The van der Waals surface area contributed by atoms with Crippen molar-refractivity contribution < 1.29 is 14.3 Å². The van der Waals surface area contributed by atoms with E-state index in [2.05, 4.69) is 29.3 Å². The van der Waals surface area contributed by atoms with E-state index in [4.69, 9.17) is 9.47 Å². The number of rotatable bonds is 6. The third-order valence-corrected chi connectivity index (χ3v) is 5.75. The molecule has 6 nitrogen and oxygen atoms in total. The fourth-order valence-corrected chi connectivity index (χ4v) is 3.97. The summed E-state index contributed by atoms with van der Waals surface area (Å²) in [7, 11) is 1.67. The lowest BCUT2D eigenvalue weighted by Gasteiger charge is -2.36. The van der Waals surface area contributed by atoms with Gasteiger partial charge in [0.25, 0.3) is 0 Å². The maximum Gasteiger partial charge on any atom is 0.317 e. The molecule has 1 aliphatic carbocycles. The van der Waals surface area contributed by atoms with Crippen molar-refractivity contribution in [3.63, 3.8) is 0 Å². The number of hydrogen-bond donors (Lipinski definition) is 1. The fourth-order valence-electron chi connectivity index (χ4n) is 3.97. The number of urea groups is 1. The molecule has 2 unspecified atom stereocenters. The monoisotopic (exact) mass is 375 g/mol. The van der Waals surface area contributed by atoms with E-state index in [1.807, 2.05) is 17.0 Å². The number of ether oxygens (including phenoxy) is 2. The molecule has 1 aromatic carbocycles. The molecular formula is C21H33N3O3. The van der Waals surface area contributed by atoms with E-state index in [9.17, 15) is 4.79 Å². The lowest BCUT2D eigenvalue weighted by Crippen LogP contribution is -2.52. The minimum Gasteiger partial charge on any atom is -0.497 e. The van der Waals surface area contributed by atoms with Gasteiger partial charge in [-0.1, -0.05) is 19.8 Å². The van der Waals surface area contributed by atoms with Crippen LogP contribution in [0, 0.1) is 5.92 Å². The molecule has 3 rings (SSSR count). The first-order valence-electron chi connectivity index (χ1n) is 10.2. The maximum absolute atomic E-state index is 12.4. The van der Waals surface area contributed by atoms with E-state index in [0.717, 1.165) is 38.3 Å². The SMILES string of the molecule is COc1ccc(N2CCN(C(=O)NCCOC3CCCCC3C)CC2)cc1. The number of nitrogens with one attached hydrogen (secondary N) is 1. The molecule has 1 N–H and O–H groups in total. The molecule has 1 saturated carbocycles. The maximum atomic E-state index is 12.4. The second-order valence-electron chi connectivity index (χ2n) is 7.58. The second-order valence-corrected chi connectivity index (χ2v) is 7.58. The number of carbonyl (C=O) groups is 1. The van der Waals surface area contributed by atoms with Gasteiger partial charge in [0.15, 0.2) is 0 Å². The van der Waals surface area contributed by atoms with Crippen LogP contribution in [-0.2, 0) is 4.74 Å². The average molecular weight is 376 g/mol. The van der Waals surface area contributed by atoms with Crippen molar-refractivity contribution in [2.45, 2.75) is 38.7 Å². The molecule has 2 aliphatic rings. The lowest BCUT2D eigenvalue weighted by molar-refractivity contribution is -0.00272. The number of carbonyl (C=O) groups excluding carboxylic acids is 1. The number of nitrogens with zero attached hydrogens (tertiary/aromatic N) is 2.